The Morgan fingerprint density at radius 1 is 1.25 bits per heavy atom. The summed E-state index contributed by atoms with van der Waals surface area (Å²) in [4.78, 5) is 0. The van der Waals surface area contributed by atoms with E-state index in [1.54, 1.807) is 0 Å². The second-order valence-corrected chi connectivity index (χ2v) is 5.57. The zero-order valence-electron chi connectivity index (χ0n) is 10.2. The van der Waals surface area contributed by atoms with Gasteiger partial charge in [-0.15, -0.1) is 0 Å². The summed E-state index contributed by atoms with van der Waals surface area (Å²) in [7, 11) is 2.10. The highest BCUT2D eigenvalue weighted by atomic mass is 16.5. The lowest BCUT2D eigenvalue weighted by molar-refractivity contribution is 0.0187. The summed E-state index contributed by atoms with van der Waals surface area (Å²) in [5, 5.41) is 3.54. The summed E-state index contributed by atoms with van der Waals surface area (Å²) in [5.41, 5.74) is 0. The van der Waals surface area contributed by atoms with Gasteiger partial charge in [0.1, 0.15) is 0 Å². The quantitative estimate of drug-likeness (QED) is 0.791. The first-order chi connectivity index (χ1) is 7.88. The number of hydrogen-bond donors (Lipinski definition) is 1. The molecule has 16 heavy (non-hydrogen) atoms. The molecule has 0 amide bonds. The lowest BCUT2D eigenvalue weighted by atomic mass is 9.77. The second kappa shape index (κ2) is 4.63. The van der Waals surface area contributed by atoms with Crippen molar-refractivity contribution in [2.24, 2.45) is 11.8 Å². The van der Waals surface area contributed by atoms with E-state index in [4.69, 9.17) is 9.47 Å². The molecular formula is C13H23NO2. The number of hydrogen-bond acceptors (Lipinski definition) is 3. The van der Waals surface area contributed by atoms with Crippen LogP contribution in [0.2, 0.25) is 0 Å². The Hall–Kier alpha value is -0.120. The third-order valence-electron chi connectivity index (χ3n) is 4.65. The van der Waals surface area contributed by atoms with E-state index in [0.29, 0.717) is 24.2 Å². The molecular weight excluding hydrogens is 202 g/mol. The van der Waals surface area contributed by atoms with Gasteiger partial charge in [-0.05, 0) is 45.1 Å². The summed E-state index contributed by atoms with van der Waals surface area (Å²) in [5.74, 6) is 1.43. The maximum atomic E-state index is 5.98. The molecule has 0 aromatic heterocycles. The summed E-state index contributed by atoms with van der Waals surface area (Å²) in [6.07, 6.45) is 7.48. The number of ether oxygens (including phenoxy) is 2. The van der Waals surface area contributed by atoms with E-state index < -0.39 is 0 Å². The minimum absolute atomic E-state index is 0.532. The van der Waals surface area contributed by atoms with E-state index in [2.05, 4.69) is 12.4 Å². The predicted octanol–water partition coefficient (Wildman–Crippen LogP) is 1.57. The van der Waals surface area contributed by atoms with E-state index in [9.17, 15) is 0 Å². The largest absolute Gasteiger partial charge is 0.381 e. The Balaban J connectivity index is 1.65. The van der Waals surface area contributed by atoms with Crippen molar-refractivity contribution in [1.82, 2.24) is 5.32 Å². The van der Waals surface area contributed by atoms with Crippen LogP contribution in [0.3, 0.4) is 0 Å². The molecule has 3 heteroatoms. The van der Waals surface area contributed by atoms with Crippen LogP contribution in [-0.4, -0.2) is 38.5 Å². The first kappa shape index (κ1) is 11.0. The minimum atomic E-state index is 0.532. The van der Waals surface area contributed by atoms with Gasteiger partial charge in [-0.3, -0.25) is 0 Å². The number of fused-ring (bicyclic) bond motifs is 2. The average molecular weight is 225 g/mol. The molecule has 5 atom stereocenters. The molecule has 1 N–H and O–H groups in total. The van der Waals surface area contributed by atoms with Gasteiger partial charge < -0.3 is 14.8 Å². The molecule has 2 bridgehead atoms. The standard InChI is InChI=1S/C13H23NO2/c1-14-13(9-3-2-6-15-8-9)11-7-10-4-5-12(11)16-10/h9-14H,2-8H2,1H3. The lowest BCUT2D eigenvalue weighted by Gasteiger charge is -2.36. The molecule has 0 aromatic rings. The number of rotatable bonds is 3. The first-order valence-corrected chi connectivity index (χ1v) is 6.79. The van der Waals surface area contributed by atoms with Crippen LogP contribution in [0.5, 0.6) is 0 Å². The average Bonchev–Trinajstić information content (AvgIpc) is 2.94. The van der Waals surface area contributed by atoms with E-state index in [1.807, 2.05) is 0 Å². The summed E-state index contributed by atoms with van der Waals surface area (Å²) in [6, 6.07) is 0.607. The van der Waals surface area contributed by atoms with Crippen molar-refractivity contribution in [2.45, 2.75) is 50.4 Å². The fourth-order valence-electron chi connectivity index (χ4n) is 3.90. The summed E-state index contributed by atoms with van der Waals surface area (Å²) < 4.78 is 11.6. The monoisotopic (exact) mass is 225 g/mol. The minimum Gasteiger partial charge on any atom is -0.381 e. The van der Waals surface area contributed by atoms with Gasteiger partial charge in [-0.1, -0.05) is 0 Å². The highest BCUT2D eigenvalue weighted by molar-refractivity contribution is 4.97. The molecule has 3 aliphatic rings. The Morgan fingerprint density at radius 3 is 2.75 bits per heavy atom. The van der Waals surface area contributed by atoms with Crippen molar-refractivity contribution in [2.75, 3.05) is 20.3 Å². The molecule has 0 radical (unpaired) electrons. The molecule has 3 fully saturated rings. The van der Waals surface area contributed by atoms with Crippen LogP contribution in [0.15, 0.2) is 0 Å². The van der Waals surface area contributed by atoms with E-state index in [0.717, 1.165) is 19.1 Å². The summed E-state index contributed by atoms with van der Waals surface area (Å²) >= 11 is 0. The highest BCUT2D eigenvalue weighted by Crippen LogP contribution is 2.42. The Labute approximate surface area is 97.9 Å². The molecule has 0 saturated carbocycles. The van der Waals surface area contributed by atoms with Crippen LogP contribution in [-0.2, 0) is 9.47 Å². The van der Waals surface area contributed by atoms with Gasteiger partial charge in [0.05, 0.1) is 18.8 Å². The maximum Gasteiger partial charge on any atom is 0.0623 e. The van der Waals surface area contributed by atoms with Crippen LogP contribution in [0.1, 0.15) is 32.1 Å². The van der Waals surface area contributed by atoms with E-state index in [1.165, 1.54) is 32.1 Å². The second-order valence-electron chi connectivity index (χ2n) is 5.57. The molecule has 92 valence electrons. The Bertz CT molecular complexity index is 240. The lowest BCUT2D eigenvalue weighted by Crippen LogP contribution is -2.46. The molecule has 3 heterocycles. The fraction of sp³-hybridized carbons (Fsp3) is 1.00. The molecule has 0 aromatic carbocycles. The van der Waals surface area contributed by atoms with Crippen molar-refractivity contribution >= 4 is 0 Å². The normalized spacial score (nSPS) is 44.8. The third kappa shape index (κ3) is 1.89. The molecule has 5 unspecified atom stereocenters. The zero-order chi connectivity index (χ0) is 11.0. The SMILES string of the molecule is CNC(C1CCCOC1)C1CC2CCC1O2. The Kier molecular flexibility index (Phi) is 3.18. The fourth-order valence-corrected chi connectivity index (χ4v) is 3.90. The van der Waals surface area contributed by atoms with Crippen molar-refractivity contribution in [3.05, 3.63) is 0 Å². The van der Waals surface area contributed by atoms with Gasteiger partial charge in [0.15, 0.2) is 0 Å². The van der Waals surface area contributed by atoms with Gasteiger partial charge in [0.2, 0.25) is 0 Å². The molecule has 3 nitrogen and oxygen atoms in total. The van der Waals surface area contributed by atoms with Gasteiger partial charge in [-0.25, -0.2) is 0 Å². The van der Waals surface area contributed by atoms with Gasteiger partial charge in [-0.2, -0.15) is 0 Å². The van der Waals surface area contributed by atoms with Crippen LogP contribution in [0.25, 0.3) is 0 Å². The molecule has 3 rings (SSSR count). The third-order valence-corrected chi connectivity index (χ3v) is 4.65. The maximum absolute atomic E-state index is 5.98. The summed E-state index contributed by atoms with van der Waals surface area (Å²) in [6.45, 7) is 1.90. The van der Waals surface area contributed by atoms with E-state index >= 15 is 0 Å². The molecule has 3 aliphatic heterocycles. The number of nitrogens with one attached hydrogen (secondary N) is 1. The van der Waals surface area contributed by atoms with Crippen LogP contribution in [0, 0.1) is 11.8 Å². The van der Waals surface area contributed by atoms with E-state index in [-0.39, 0.29) is 0 Å². The molecule has 0 aliphatic carbocycles. The molecule has 3 saturated heterocycles. The topological polar surface area (TPSA) is 30.5 Å². The van der Waals surface area contributed by atoms with Crippen molar-refractivity contribution in [3.63, 3.8) is 0 Å². The van der Waals surface area contributed by atoms with Crippen molar-refractivity contribution in [1.29, 1.82) is 0 Å². The van der Waals surface area contributed by atoms with Gasteiger partial charge in [0, 0.05) is 18.6 Å². The predicted molar refractivity (Wildman–Crippen MR) is 62.4 cm³/mol. The van der Waals surface area contributed by atoms with Gasteiger partial charge >= 0.3 is 0 Å². The smallest absolute Gasteiger partial charge is 0.0623 e. The van der Waals surface area contributed by atoms with Crippen molar-refractivity contribution in [3.8, 4) is 0 Å². The van der Waals surface area contributed by atoms with Crippen LogP contribution in [0.4, 0.5) is 0 Å². The van der Waals surface area contributed by atoms with Gasteiger partial charge in [0.25, 0.3) is 0 Å². The molecule has 0 spiro atoms. The highest BCUT2D eigenvalue weighted by Gasteiger charge is 2.46. The first-order valence-electron chi connectivity index (χ1n) is 6.79. The van der Waals surface area contributed by atoms with Crippen LogP contribution < -0.4 is 5.32 Å². The Morgan fingerprint density at radius 2 is 2.19 bits per heavy atom. The van der Waals surface area contributed by atoms with Crippen LogP contribution >= 0.6 is 0 Å². The zero-order valence-corrected chi connectivity index (χ0v) is 10.2. The van der Waals surface area contributed by atoms with Crippen molar-refractivity contribution < 1.29 is 9.47 Å².